The molecule has 0 radical (unpaired) electrons. The number of hydrogen-bond donors (Lipinski definition) is 0. The number of amides is 1. The first-order valence-electron chi connectivity index (χ1n) is 13.1. The fourth-order valence-electron chi connectivity index (χ4n) is 5.63. The summed E-state index contributed by atoms with van der Waals surface area (Å²) in [4.78, 5) is 21.9. The van der Waals surface area contributed by atoms with Gasteiger partial charge in [-0.25, -0.2) is 4.52 Å². The fourth-order valence-corrected chi connectivity index (χ4v) is 5.63. The zero-order chi connectivity index (χ0) is 24.6. The normalized spacial score (nSPS) is 22.6. The third kappa shape index (κ3) is 4.28. The van der Waals surface area contributed by atoms with Crippen molar-refractivity contribution in [3.63, 3.8) is 0 Å². The molecule has 1 aliphatic carbocycles. The number of rotatable bonds is 5. The van der Waals surface area contributed by atoms with E-state index in [1.807, 2.05) is 15.6 Å². The molecule has 2 aromatic heterocycles. The van der Waals surface area contributed by atoms with Gasteiger partial charge in [-0.1, -0.05) is 19.1 Å². The Kier molecular flexibility index (Phi) is 6.02. The maximum Gasteiger partial charge on any atom is 0.227 e. The van der Waals surface area contributed by atoms with Gasteiger partial charge in [0.25, 0.3) is 0 Å². The molecule has 1 saturated carbocycles. The van der Waals surface area contributed by atoms with Crippen LogP contribution in [0.3, 0.4) is 0 Å². The molecule has 6 rings (SSSR count). The molecular weight excluding hydrogens is 450 g/mol. The molecule has 4 heterocycles. The first-order chi connectivity index (χ1) is 17.6. The second kappa shape index (κ2) is 9.47. The van der Waals surface area contributed by atoms with Crippen LogP contribution >= 0.6 is 0 Å². The van der Waals surface area contributed by atoms with E-state index in [-0.39, 0.29) is 17.7 Å². The van der Waals surface area contributed by atoms with Gasteiger partial charge in [-0.15, -0.1) is 0 Å². The van der Waals surface area contributed by atoms with Gasteiger partial charge in [0, 0.05) is 76.0 Å². The van der Waals surface area contributed by atoms with E-state index in [1.54, 1.807) is 0 Å². The van der Waals surface area contributed by atoms with Crippen molar-refractivity contribution in [1.82, 2.24) is 19.4 Å². The minimum absolute atomic E-state index is 0.0742. The van der Waals surface area contributed by atoms with Gasteiger partial charge in [0.1, 0.15) is 0 Å². The number of benzene rings is 1. The van der Waals surface area contributed by atoms with Crippen LogP contribution in [0.2, 0.25) is 0 Å². The molecule has 1 unspecified atom stereocenters. The molecule has 3 aliphatic rings. The summed E-state index contributed by atoms with van der Waals surface area (Å²) in [7, 11) is 0. The second-order valence-electron chi connectivity index (χ2n) is 10.1. The number of carbonyl (C=O) groups excluding carboxylic acids is 1. The van der Waals surface area contributed by atoms with Gasteiger partial charge in [0.2, 0.25) is 5.91 Å². The first-order valence-corrected chi connectivity index (χ1v) is 13.1. The van der Waals surface area contributed by atoms with Crippen LogP contribution in [0.15, 0.2) is 48.8 Å². The van der Waals surface area contributed by atoms with Gasteiger partial charge in [-0.05, 0) is 42.8 Å². The Morgan fingerprint density at radius 1 is 0.972 bits per heavy atom. The lowest BCUT2D eigenvalue weighted by Crippen LogP contribution is -2.49. The summed E-state index contributed by atoms with van der Waals surface area (Å²) in [6, 6.07) is 15.4. The van der Waals surface area contributed by atoms with E-state index in [0.717, 1.165) is 69.0 Å². The lowest BCUT2D eigenvalue weighted by Gasteiger charge is -2.36. The number of fused-ring (bicyclic) bond motifs is 1. The molecule has 3 fully saturated rings. The Morgan fingerprint density at radius 2 is 1.69 bits per heavy atom. The van der Waals surface area contributed by atoms with Crippen molar-refractivity contribution in [2.45, 2.75) is 13.3 Å². The van der Waals surface area contributed by atoms with Crippen molar-refractivity contribution >= 4 is 22.8 Å². The number of aromatic nitrogens is 2. The molecule has 0 spiro atoms. The summed E-state index contributed by atoms with van der Waals surface area (Å²) in [5.41, 5.74) is 5.86. The number of likely N-dealkylation sites (N-methyl/N-ethyl adjacent to an activating group) is 1. The Morgan fingerprint density at radius 3 is 2.36 bits per heavy atom. The lowest BCUT2D eigenvalue weighted by atomic mass is 10.1. The number of nitriles is 1. The van der Waals surface area contributed by atoms with Crippen LogP contribution in [0, 0.1) is 23.2 Å². The molecule has 1 amide bonds. The third-order valence-corrected chi connectivity index (χ3v) is 8.08. The highest BCUT2D eigenvalue weighted by Gasteiger charge is 2.45. The van der Waals surface area contributed by atoms with Crippen molar-refractivity contribution in [2.24, 2.45) is 11.8 Å². The summed E-state index contributed by atoms with van der Waals surface area (Å²) in [6.07, 6.45) is 4.68. The van der Waals surface area contributed by atoms with Crippen LogP contribution in [0.25, 0.3) is 16.6 Å². The van der Waals surface area contributed by atoms with Crippen LogP contribution < -0.4 is 9.80 Å². The van der Waals surface area contributed by atoms with E-state index >= 15 is 0 Å². The SMILES string of the molecule is CCN1CCN(c2ccc(-c3cc4c(N5CCN(C(=O)[C@H]6CC6C#N)CC5)ccnn4c3)cc2)CC1. The third-order valence-electron chi connectivity index (χ3n) is 8.08. The van der Waals surface area contributed by atoms with Gasteiger partial charge >= 0.3 is 0 Å². The van der Waals surface area contributed by atoms with Crippen LogP contribution in [0.1, 0.15) is 13.3 Å². The second-order valence-corrected chi connectivity index (χ2v) is 10.1. The largest absolute Gasteiger partial charge is 0.369 e. The topological polar surface area (TPSA) is 71.1 Å². The average Bonchev–Trinajstić information content (AvgIpc) is 3.61. The maximum atomic E-state index is 12.6. The van der Waals surface area contributed by atoms with Crippen molar-refractivity contribution < 1.29 is 4.79 Å². The standard InChI is InChI=1S/C28H33N7O/c1-2-31-9-11-32(12-10-31)24-5-3-21(4-6-24)23-18-27-26(7-8-30-35(27)20-23)33-13-15-34(16-14-33)28(36)25-17-22(25)19-29/h3-8,18,20,22,25H,2,9-17H2,1H3/t22?,25-/m0/s1. The quantitative estimate of drug-likeness (QED) is 0.556. The molecular formula is C28H33N7O. The van der Waals surface area contributed by atoms with Crippen molar-refractivity contribution in [2.75, 3.05) is 68.7 Å². The summed E-state index contributed by atoms with van der Waals surface area (Å²) in [5, 5.41) is 13.6. The van der Waals surface area contributed by atoms with E-state index in [0.29, 0.717) is 13.1 Å². The Balaban J connectivity index is 1.15. The highest BCUT2D eigenvalue weighted by Crippen LogP contribution is 2.39. The summed E-state index contributed by atoms with van der Waals surface area (Å²) in [5.74, 6) is 0.00581. The van der Waals surface area contributed by atoms with Gasteiger partial charge in [-0.2, -0.15) is 10.4 Å². The van der Waals surface area contributed by atoms with E-state index in [1.165, 1.54) is 11.3 Å². The Bertz CT molecular complexity index is 1280. The summed E-state index contributed by atoms with van der Waals surface area (Å²) >= 11 is 0. The van der Waals surface area contributed by atoms with E-state index < -0.39 is 0 Å². The van der Waals surface area contributed by atoms with Gasteiger partial charge in [0.15, 0.2) is 0 Å². The summed E-state index contributed by atoms with van der Waals surface area (Å²) < 4.78 is 1.96. The number of nitrogens with zero attached hydrogens (tertiary/aromatic N) is 7. The highest BCUT2D eigenvalue weighted by molar-refractivity contribution is 5.83. The predicted molar refractivity (Wildman–Crippen MR) is 141 cm³/mol. The van der Waals surface area contributed by atoms with E-state index in [4.69, 9.17) is 5.26 Å². The van der Waals surface area contributed by atoms with Crippen molar-refractivity contribution in [3.05, 3.63) is 48.8 Å². The molecule has 2 atom stereocenters. The monoisotopic (exact) mass is 483 g/mol. The van der Waals surface area contributed by atoms with Crippen LogP contribution in [-0.4, -0.2) is 84.2 Å². The number of anilines is 2. The number of hydrogen-bond acceptors (Lipinski definition) is 6. The molecule has 3 aromatic rings. The van der Waals surface area contributed by atoms with Crippen molar-refractivity contribution in [3.8, 4) is 17.2 Å². The maximum absolute atomic E-state index is 12.6. The van der Waals surface area contributed by atoms with Gasteiger partial charge in [0.05, 0.1) is 29.1 Å². The zero-order valence-electron chi connectivity index (χ0n) is 20.9. The molecule has 2 saturated heterocycles. The van der Waals surface area contributed by atoms with Crippen molar-refractivity contribution in [1.29, 1.82) is 5.26 Å². The van der Waals surface area contributed by atoms with Gasteiger partial charge < -0.3 is 19.6 Å². The van der Waals surface area contributed by atoms with Gasteiger partial charge in [-0.3, -0.25) is 4.79 Å². The predicted octanol–water partition coefficient (Wildman–Crippen LogP) is 2.95. The minimum atomic E-state index is -0.0743. The lowest BCUT2D eigenvalue weighted by molar-refractivity contribution is -0.133. The molecule has 8 nitrogen and oxygen atoms in total. The minimum Gasteiger partial charge on any atom is -0.369 e. The first kappa shape index (κ1) is 22.9. The molecule has 0 N–H and O–H groups in total. The summed E-state index contributed by atoms with van der Waals surface area (Å²) in [6.45, 7) is 10.7. The molecule has 36 heavy (non-hydrogen) atoms. The molecule has 186 valence electrons. The Hall–Kier alpha value is -3.57. The fraction of sp³-hybridized carbons (Fsp3) is 0.464. The Labute approximate surface area is 212 Å². The number of piperazine rings is 2. The molecule has 1 aromatic carbocycles. The van der Waals surface area contributed by atoms with Crippen LogP contribution in [0.4, 0.5) is 11.4 Å². The highest BCUT2D eigenvalue weighted by atomic mass is 16.2. The van der Waals surface area contributed by atoms with E-state index in [2.05, 4.69) is 75.4 Å². The van der Waals surface area contributed by atoms with Crippen LogP contribution in [-0.2, 0) is 4.79 Å². The number of carbonyl (C=O) groups is 1. The zero-order valence-corrected chi connectivity index (χ0v) is 20.9. The average molecular weight is 484 g/mol. The molecule has 8 heteroatoms. The van der Waals surface area contributed by atoms with E-state index in [9.17, 15) is 4.79 Å². The van der Waals surface area contributed by atoms with Crippen LogP contribution in [0.5, 0.6) is 0 Å². The molecule has 2 aliphatic heterocycles. The molecule has 0 bridgehead atoms. The smallest absolute Gasteiger partial charge is 0.227 e.